The van der Waals surface area contributed by atoms with Crippen molar-refractivity contribution in [1.29, 1.82) is 0 Å². The lowest BCUT2D eigenvalue weighted by atomic mass is 10.3. The minimum absolute atomic E-state index is 0.254. The Labute approximate surface area is 80.4 Å². The second kappa shape index (κ2) is 3.52. The highest BCUT2D eigenvalue weighted by atomic mass is 127. The Morgan fingerprint density at radius 3 is 2.70 bits per heavy atom. The van der Waals surface area contributed by atoms with E-state index in [9.17, 15) is 4.39 Å². The number of rotatable bonds is 1. The van der Waals surface area contributed by atoms with Crippen LogP contribution in [0.2, 0.25) is 0 Å². The molecular weight excluding hydrogens is 314 g/mol. The molecule has 0 radical (unpaired) electrons. The Morgan fingerprint density at radius 2 is 2.20 bits per heavy atom. The van der Waals surface area contributed by atoms with Crippen LogP contribution in [0.15, 0.2) is 22.7 Å². The van der Waals surface area contributed by atoms with Gasteiger partial charge in [-0.3, -0.25) is 0 Å². The Morgan fingerprint density at radius 1 is 1.50 bits per heavy atom. The van der Waals surface area contributed by atoms with Crippen LogP contribution in [-0.4, -0.2) is 0 Å². The number of hydrogen-bond donors (Lipinski definition) is 0. The lowest BCUT2D eigenvalue weighted by Gasteiger charge is -1.97. The van der Waals surface area contributed by atoms with E-state index in [4.69, 9.17) is 0 Å². The van der Waals surface area contributed by atoms with E-state index in [0.29, 0.717) is 4.47 Å². The van der Waals surface area contributed by atoms with E-state index in [-0.39, 0.29) is 11.6 Å². The van der Waals surface area contributed by atoms with Gasteiger partial charge in [0, 0.05) is 4.47 Å². The van der Waals surface area contributed by atoms with Crippen LogP contribution in [-0.2, 0) is 0 Å². The zero-order valence-electron chi connectivity index (χ0n) is 4.77. The average molecular weight is 317 g/mol. The van der Waals surface area contributed by atoms with Crippen molar-refractivity contribution in [2.45, 2.75) is 0 Å². The molecule has 0 aliphatic carbocycles. The van der Waals surface area contributed by atoms with Crippen molar-refractivity contribution < 1.29 is 7.46 Å². The average Bonchev–Trinajstić information content (AvgIpc) is 1.88. The summed E-state index contributed by atoms with van der Waals surface area (Å²) in [6, 6.07) is 4.64. The summed E-state index contributed by atoms with van der Waals surface area (Å²) in [6.07, 6.45) is 0. The van der Waals surface area contributed by atoms with Crippen molar-refractivity contribution in [3.63, 3.8) is 0 Å². The van der Waals surface area contributed by atoms with Crippen LogP contribution < -0.4 is 3.07 Å². The second-order valence-electron chi connectivity index (χ2n) is 1.65. The van der Waals surface area contributed by atoms with Crippen LogP contribution >= 0.6 is 38.9 Å². The molecule has 1 aromatic rings. The summed E-state index contributed by atoms with van der Waals surface area (Å²) in [5.74, 6) is -0.104. The summed E-state index contributed by atoms with van der Waals surface area (Å²) in [6.45, 7) is 0. The molecule has 0 fully saturated rings. The van der Waals surface area contributed by atoms with Crippen LogP contribution in [0.5, 0.6) is 5.75 Å². The van der Waals surface area contributed by atoms with Gasteiger partial charge in [-0.25, -0.2) is 4.39 Å². The molecule has 0 saturated heterocycles. The smallest absolute Gasteiger partial charge is 0.192 e. The Hall–Kier alpha value is 0.160. The normalized spacial score (nSPS) is 9.50. The minimum atomic E-state index is -0.358. The molecule has 1 aromatic carbocycles. The molecule has 1 nitrogen and oxygen atoms in total. The molecule has 0 N–H and O–H groups in total. The molecule has 4 heteroatoms. The Kier molecular flexibility index (Phi) is 2.91. The molecule has 0 atom stereocenters. The minimum Gasteiger partial charge on any atom is -0.425 e. The summed E-state index contributed by atoms with van der Waals surface area (Å²) in [7, 11) is 0. The van der Waals surface area contributed by atoms with E-state index >= 15 is 0 Å². The first-order valence-electron chi connectivity index (χ1n) is 2.47. The number of halogens is 3. The van der Waals surface area contributed by atoms with E-state index in [1.165, 1.54) is 6.07 Å². The lowest BCUT2D eigenvalue weighted by molar-refractivity contribution is 0.566. The van der Waals surface area contributed by atoms with Gasteiger partial charge in [-0.1, -0.05) is 15.9 Å². The van der Waals surface area contributed by atoms with Gasteiger partial charge in [0.05, 0.1) is 0 Å². The van der Waals surface area contributed by atoms with Gasteiger partial charge in [0.2, 0.25) is 0 Å². The molecule has 0 unspecified atom stereocenters. The molecular formula is C6H3BrFIO. The molecule has 0 amide bonds. The molecule has 1 rings (SSSR count). The predicted molar refractivity (Wildman–Crippen MR) is 48.7 cm³/mol. The van der Waals surface area contributed by atoms with E-state index in [0.717, 1.165) is 0 Å². The van der Waals surface area contributed by atoms with E-state index in [1.54, 1.807) is 35.1 Å². The van der Waals surface area contributed by atoms with Gasteiger partial charge in [-0.15, -0.1) is 0 Å². The van der Waals surface area contributed by atoms with Gasteiger partial charge in [-0.2, -0.15) is 0 Å². The highest BCUT2D eigenvalue weighted by molar-refractivity contribution is 14.1. The zero-order valence-corrected chi connectivity index (χ0v) is 8.52. The van der Waals surface area contributed by atoms with Gasteiger partial charge in [0.25, 0.3) is 0 Å². The van der Waals surface area contributed by atoms with Gasteiger partial charge < -0.3 is 3.07 Å². The topological polar surface area (TPSA) is 9.23 Å². The van der Waals surface area contributed by atoms with Gasteiger partial charge in [-0.05, 0) is 18.2 Å². The molecule has 0 spiro atoms. The maximum absolute atomic E-state index is 12.7. The van der Waals surface area contributed by atoms with Crippen molar-refractivity contribution in [1.82, 2.24) is 0 Å². The molecule has 0 aromatic heterocycles. The van der Waals surface area contributed by atoms with Crippen molar-refractivity contribution in [3.05, 3.63) is 28.5 Å². The highest BCUT2D eigenvalue weighted by Crippen LogP contribution is 2.22. The maximum atomic E-state index is 12.7. The van der Waals surface area contributed by atoms with Gasteiger partial charge in [0.1, 0.15) is 0 Å². The predicted octanol–water partition coefficient (Wildman–Crippen LogP) is 3.32. The largest absolute Gasteiger partial charge is 0.425 e. The Bertz CT molecular complexity index is 241. The zero-order chi connectivity index (χ0) is 7.56. The fraction of sp³-hybridized carbons (Fsp3) is 0. The lowest BCUT2D eigenvalue weighted by Crippen LogP contribution is -1.80. The summed E-state index contributed by atoms with van der Waals surface area (Å²) in [4.78, 5) is 0. The maximum Gasteiger partial charge on any atom is 0.192 e. The van der Waals surface area contributed by atoms with Crippen molar-refractivity contribution in [2.75, 3.05) is 0 Å². The Balaban J connectivity index is 3.07. The summed E-state index contributed by atoms with van der Waals surface area (Å²) in [5.41, 5.74) is 0. The third kappa shape index (κ3) is 1.82. The third-order valence-corrected chi connectivity index (χ3v) is 1.94. The monoisotopic (exact) mass is 316 g/mol. The van der Waals surface area contributed by atoms with Crippen LogP contribution in [0, 0.1) is 5.82 Å². The highest BCUT2D eigenvalue weighted by Gasteiger charge is 2.00. The fourth-order valence-corrected chi connectivity index (χ4v) is 1.23. The van der Waals surface area contributed by atoms with Crippen LogP contribution in [0.3, 0.4) is 0 Å². The van der Waals surface area contributed by atoms with E-state index < -0.39 is 0 Å². The first-order chi connectivity index (χ1) is 4.74. The van der Waals surface area contributed by atoms with Crippen molar-refractivity contribution in [3.8, 4) is 5.75 Å². The third-order valence-electron chi connectivity index (χ3n) is 0.977. The summed E-state index contributed by atoms with van der Waals surface area (Å²) in [5, 5.41) is 0. The van der Waals surface area contributed by atoms with Gasteiger partial charge in [0.15, 0.2) is 34.6 Å². The second-order valence-corrected chi connectivity index (χ2v) is 3.01. The van der Waals surface area contributed by atoms with E-state index in [1.807, 2.05) is 0 Å². The first-order valence-corrected chi connectivity index (χ1v) is 4.15. The van der Waals surface area contributed by atoms with Crippen molar-refractivity contribution >= 4 is 38.9 Å². The standard InChI is InChI=1S/C6H3BrFIO/c7-4-1-2-6(10-9)5(8)3-4/h1-3H. The molecule has 10 heavy (non-hydrogen) atoms. The molecule has 0 aliphatic rings. The molecule has 0 heterocycles. The molecule has 0 aliphatic heterocycles. The molecule has 54 valence electrons. The fourth-order valence-electron chi connectivity index (χ4n) is 0.538. The molecule has 0 bridgehead atoms. The van der Waals surface area contributed by atoms with Crippen molar-refractivity contribution in [2.24, 2.45) is 0 Å². The summed E-state index contributed by atoms with van der Waals surface area (Å²) >= 11 is 4.76. The van der Waals surface area contributed by atoms with Crippen LogP contribution in [0.1, 0.15) is 0 Å². The number of benzene rings is 1. The number of hydrogen-bond acceptors (Lipinski definition) is 1. The quantitative estimate of drug-likeness (QED) is 0.722. The van der Waals surface area contributed by atoms with Gasteiger partial charge >= 0.3 is 0 Å². The first kappa shape index (κ1) is 8.26. The van der Waals surface area contributed by atoms with Crippen LogP contribution in [0.4, 0.5) is 4.39 Å². The molecule has 0 saturated carbocycles. The van der Waals surface area contributed by atoms with Crippen LogP contribution in [0.25, 0.3) is 0 Å². The van der Waals surface area contributed by atoms with E-state index in [2.05, 4.69) is 19.0 Å². The SMILES string of the molecule is Fc1cc(Br)ccc1OI. The summed E-state index contributed by atoms with van der Waals surface area (Å²) < 4.78 is 18.1.